The number of rotatable bonds is 5. The summed E-state index contributed by atoms with van der Waals surface area (Å²) < 4.78 is 7.07. The van der Waals surface area contributed by atoms with E-state index in [-0.39, 0.29) is 29.9 Å². The molecule has 0 saturated carbocycles. The second-order valence-corrected chi connectivity index (χ2v) is 5.26. The van der Waals surface area contributed by atoms with E-state index in [0.29, 0.717) is 0 Å². The number of anilines is 1. The standard InChI is InChI=1S/C16H21N3O3/c1-10(2)19-13-6-5-12(17-3)7-11(13)8-14(16(19)21)22-9-15(20)18-4/h5-8,10,17H,9H2,1-4H3,(H,18,20). The van der Waals surface area contributed by atoms with Gasteiger partial charge in [0.15, 0.2) is 12.4 Å². The molecule has 2 aromatic rings. The van der Waals surface area contributed by atoms with Crippen molar-refractivity contribution in [2.45, 2.75) is 19.9 Å². The Labute approximate surface area is 129 Å². The summed E-state index contributed by atoms with van der Waals surface area (Å²) in [5.74, 6) is -0.0994. The molecule has 0 atom stereocenters. The number of aromatic nitrogens is 1. The second-order valence-electron chi connectivity index (χ2n) is 5.26. The zero-order valence-electron chi connectivity index (χ0n) is 13.3. The zero-order valence-corrected chi connectivity index (χ0v) is 13.3. The van der Waals surface area contributed by atoms with Crippen LogP contribution in [0.25, 0.3) is 10.9 Å². The van der Waals surface area contributed by atoms with Crippen molar-refractivity contribution in [2.75, 3.05) is 26.0 Å². The molecule has 1 amide bonds. The minimum absolute atomic E-state index is 0.0148. The minimum Gasteiger partial charge on any atom is -0.478 e. The van der Waals surface area contributed by atoms with Gasteiger partial charge in [-0.3, -0.25) is 9.59 Å². The molecule has 0 bridgehead atoms. The van der Waals surface area contributed by atoms with Crippen molar-refractivity contribution in [1.82, 2.24) is 9.88 Å². The van der Waals surface area contributed by atoms with Gasteiger partial charge in [-0.25, -0.2) is 0 Å². The number of likely N-dealkylation sites (N-methyl/N-ethyl adjacent to an activating group) is 1. The normalized spacial score (nSPS) is 10.8. The third-order valence-corrected chi connectivity index (χ3v) is 3.45. The average Bonchev–Trinajstić information content (AvgIpc) is 2.51. The Kier molecular flexibility index (Phi) is 4.70. The molecular weight excluding hydrogens is 282 g/mol. The molecule has 6 heteroatoms. The fourth-order valence-corrected chi connectivity index (χ4v) is 2.31. The third-order valence-electron chi connectivity index (χ3n) is 3.45. The largest absolute Gasteiger partial charge is 0.478 e. The van der Waals surface area contributed by atoms with Crippen LogP contribution in [0.4, 0.5) is 5.69 Å². The lowest BCUT2D eigenvalue weighted by Gasteiger charge is -2.17. The summed E-state index contributed by atoms with van der Waals surface area (Å²) in [7, 11) is 3.36. The van der Waals surface area contributed by atoms with E-state index in [4.69, 9.17) is 4.74 Å². The molecule has 22 heavy (non-hydrogen) atoms. The van der Waals surface area contributed by atoms with Crippen molar-refractivity contribution in [3.05, 3.63) is 34.6 Å². The Bertz CT molecular complexity index is 750. The molecule has 0 fully saturated rings. The van der Waals surface area contributed by atoms with Gasteiger partial charge in [-0.15, -0.1) is 0 Å². The number of hydrogen-bond acceptors (Lipinski definition) is 4. The summed E-state index contributed by atoms with van der Waals surface area (Å²) in [6.07, 6.45) is 0. The predicted molar refractivity (Wildman–Crippen MR) is 87.7 cm³/mol. The first-order valence-electron chi connectivity index (χ1n) is 7.18. The number of pyridine rings is 1. The highest BCUT2D eigenvalue weighted by molar-refractivity contribution is 5.84. The summed E-state index contributed by atoms with van der Waals surface area (Å²) >= 11 is 0. The van der Waals surface area contributed by atoms with Crippen LogP contribution < -0.4 is 20.9 Å². The highest BCUT2D eigenvalue weighted by Gasteiger charge is 2.14. The Hall–Kier alpha value is -2.50. The zero-order chi connectivity index (χ0) is 16.3. The van der Waals surface area contributed by atoms with Crippen LogP contribution in [-0.4, -0.2) is 31.2 Å². The van der Waals surface area contributed by atoms with Crippen molar-refractivity contribution in [3.63, 3.8) is 0 Å². The highest BCUT2D eigenvalue weighted by Crippen LogP contribution is 2.23. The molecular formula is C16H21N3O3. The third kappa shape index (κ3) is 3.05. The fourth-order valence-electron chi connectivity index (χ4n) is 2.31. The van der Waals surface area contributed by atoms with E-state index >= 15 is 0 Å². The summed E-state index contributed by atoms with van der Waals surface area (Å²) in [6, 6.07) is 7.44. The number of hydrogen-bond donors (Lipinski definition) is 2. The van der Waals surface area contributed by atoms with Crippen molar-refractivity contribution in [3.8, 4) is 5.75 Å². The predicted octanol–water partition coefficient (Wildman–Crippen LogP) is 1.75. The lowest BCUT2D eigenvalue weighted by Crippen LogP contribution is -2.29. The van der Waals surface area contributed by atoms with Crippen LogP contribution in [0.15, 0.2) is 29.1 Å². The Morgan fingerprint density at radius 3 is 2.59 bits per heavy atom. The second kappa shape index (κ2) is 6.51. The van der Waals surface area contributed by atoms with Crippen LogP contribution in [0.2, 0.25) is 0 Å². The van der Waals surface area contributed by atoms with Gasteiger partial charge in [-0.05, 0) is 38.1 Å². The average molecular weight is 303 g/mol. The molecule has 2 N–H and O–H groups in total. The fraction of sp³-hybridized carbons (Fsp3) is 0.375. The SMILES string of the molecule is CNC(=O)COc1cc2cc(NC)ccc2n(C(C)C)c1=O. The molecule has 0 aliphatic carbocycles. The molecule has 0 aliphatic heterocycles. The molecule has 0 saturated heterocycles. The van der Waals surface area contributed by atoms with E-state index in [1.165, 1.54) is 7.05 Å². The Morgan fingerprint density at radius 2 is 2.00 bits per heavy atom. The number of nitrogens with zero attached hydrogens (tertiary/aromatic N) is 1. The lowest BCUT2D eigenvalue weighted by atomic mass is 10.1. The molecule has 6 nitrogen and oxygen atoms in total. The van der Waals surface area contributed by atoms with Crippen LogP contribution >= 0.6 is 0 Å². The Morgan fingerprint density at radius 1 is 1.27 bits per heavy atom. The number of benzene rings is 1. The van der Waals surface area contributed by atoms with Gasteiger partial charge in [-0.1, -0.05) is 0 Å². The van der Waals surface area contributed by atoms with Gasteiger partial charge in [0.2, 0.25) is 0 Å². The van der Waals surface area contributed by atoms with E-state index in [2.05, 4.69) is 10.6 Å². The Balaban J connectivity index is 2.58. The molecule has 1 aromatic heterocycles. The minimum atomic E-state index is -0.278. The van der Waals surface area contributed by atoms with Crippen molar-refractivity contribution in [2.24, 2.45) is 0 Å². The maximum atomic E-state index is 12.6. The van der Waals surface area contributed by atoms with Gasteiger partial charge < -0.3 is 19.9 Å². The van der Waals surface area contributed by atoms with Gasteiger partial charge in [0.25, 0.3) is 11.5 Å². The summed E-state index contributed by atoms with van der Waals surface area (Å²) in [5.41, 5.74) is 1.55. The number of fused-ring (bicyclic) bond motifs is 1. The van der Waals surface area contributed by atoms with Gasteiger partial charge in [0, 0.05) is 31.2 Å². The van der Waals surface area contributed by atoms with Crippen LogP contribution in [0, 0.1) is 0 Å². The van der Waals surface area contributed by atoms with Crippen LogP contribution in [0.5, 0.6) is 5.75 Å². The maximum absolute atomic E-state index is 12.6. The topological polar surface area (TPSA) is 72.4 Å². The first-order valence-corrected chi connectivity index (χ1v) is 7.18. The molecule has 2 rings (SSSR count). The van der Waals surface area contributed by atoms with Crippen molar-refractivity contribution in [1.29, 1.82) is 0 Å². The monoisotopic (exact) mass is 303 g/mol. The smallest absolute Gasteiger partial charge is 0.293 e. The van der Waals surface area contributed by atoms with Crippen molar-refractivity contribution >= 4 is 22.5 Å². The molecule has 0 spiro atoms. The molecule has 0 radical (unpaired) electrons. The van der Waals surface area contributed by atoms with Gasteiger partial charge in [0.1, 0.15) is 0 Å². The van der Waals surface area contributed by atoms with Gasteiger partial charge >= 0.3 is 0 Å². The van der Waals surface area contributed by atoms with Crippen LogP contribution in [-0.2, 0) is 4.79 Å². The van der Waals surface area contributed by atoms with E-state index in [1.54, 1.807) is 10.6 Å². The first-order chi connectivity index (χ1) is 10.5. The highest BCUT2D eigenvalue weighted by atomic mass is 16.5. The summed E-state index contributed by atoms with van der Waals surface area (Å²) in [4.78, 5) is 23.9. The number of carbonyl (C=O) groups is 1. The van der Waals surface area contributed by atoms with Gasteiger partial charge in [0.05, 0.1) is 5.52 Å². The molecule has 1 aromatic carbocycles. The number of amides is 1. The number of carbonyl (C=O) groups excluding carboxylic acids is 1. The summed E-state index contributed by atoms with van der Waals surface area (Å²) in [5, 5.41) is 6.42. The van der Waals surface area contributed by atoms with E-state index < -0.39 is 0 Å². The molecule has 0 unspecified atom stereocenters. The first kappa shape index (κ1) is 15.9. The van der Waals surface area contributed by atoms with E-state index in [0.717, 1.165) is 16.6 Å². The van der Waals surface area contributed by atoms with Gasteiger partial charge in [-0.2, -0.15) is 0 Å². The van der Waals surface area contributed by atoms with E-state index in [9.17, 15) is 9.59 Å². The number of ether oxygens (including phenoxy) is 1. The quantitative estimate of drug-likeness (QED) is 0.882. The molecule has 0 aliphatic rings. The van der Waals surface area contributed by atoms with Crippen molar-refractivity contribution < 1.29 is 9.53 Å². The maximum Gasteiger partial charge on any atom is 0.293 e. The molecule has 118 valence electrons. The molecule has 1 heterocycles. The lowest BCUT2D eigenvalue weighted by molar-refractivity contribution is -0.122. The number of nitrogens with one attached hydrogen (secondary N) is 2. The van der Waals surface area contributed by atoms with E-state index in [1.807, 2.05) is 39.1 Å². The van der Waals surface area contributed by atoms with Crippen LogP contribution in [0.3, 0.4) is 0 Å². The summed E-state index contributed by atoms with van der Waals surface area (Å²) in [6.45, 7) is 3.70. The van der Waals surface area contributed by atoms with Crippen LogP contribution in [0.1, 0.15) is 19.9 Å².